The Hall–Kier alpha value is -2.00. The zero-order valence-corrected chi connectivity index (χ0v) is 12.3. The van der Waals surface area contributed by atoms with Crippen molar-refractivity contribution in [3.05, 3.63) is 59.7 Å². The van der Waals surface area contributed by atoms with Gasteiger partial charge in [-0.3, -0.25) is 0 Å². The molecule has 1 aliphatic heterocycles. The maximum Gasteiger partial charge on any atom is 0.126 e. The fourth-order valence-electron chi connectivity index (χ4n) is 2.68. The van der Waals surface area contributed by atoms with Gasteiger partial charge in [0, 0.05) is 18.0 Å². The second kappa shape index (κ2) is 6.19. The minimum Gasteiger partial charge on any atom is -0.494 e. The number of nitrogens with two attached hydrogens (primary N) is 1. The Morgan fingerprint density at radius 1 is 1.19 bits per heavy atom. The van der Waals surface area contributed by atoms with E-state index in [2.05, 4.69) is 19.1 Å². The molecule has 2 atom stereocenters. The van der Waals surface area contributed by atoms with E-state index in [-0.39, 0.29) is 12.1 Å². The number of fused-ring (bicyclic) bond motifs is 1. The molecule has 0 radical (unpaired) electrons. The largest absolute Gasteiger partial charge is 0.494 e. The number of rotatable bonds is 4. The molecule has 0 fully saturated rings. The van der Waals surface area contributed by atoms with Crippen molar-refractivity contribution in [1.29, 1.82) is 0 Å². The van der Waals surface area contributed by atoms with E-state index in [9.17, 15) is 0 Å². The summed E-state index contributed by atoms with van der Waals surface area (Å²) in [5.74, 6) is 1.78. The van der Waals surface area contributed by atoms with Crippen LogP contribution in [0, 0.1) is 0 Å². The molecular formula is C18H21NO2. The summed E-state index contributed by atoms with van der Waals surface area (Å²) in [6, 6.07) is 16.1. The standard InChI is InChI=1S/C18H21NO2/c1-2-10-20-14-7-5-6-13(11-14)18-12-16(19)15-8-3-4-9-17(15)21-18/h3-9,11,16,18H,2,10,12,19H2,1H3/t16-,18?/m1/s1. The smallest absolute Gasteiger partial charge is 0.126 e. The molecule has 3 rings (SSSR count). The van der Waals surface area contributed by atoms with Crippen LogP contribution in [0.4, 0.5) is 0 Å². The second-order valence-electron chi connectivity index (χ2n) is 5.41. The van der Waals surface area contributed by atoms with Crippen LogP contribution in [0.25, 0.3) is 0 Å². The Morgan fingerprint density at radius 3 is 2.90 bits per heavy atom. The Kier molecular flexibility index (Phi) is 4.11. The summed E-state index contributed by atoms with van der Waals surface area (Å²) >= 11 is 0. The van der Waals surface area contributed by atoms with Crippen LogP contribution >= 0.6 is 0 Å². The van der Waals surface area contributed by atoms with Crippen molar-refractivity contribution in [3.63, 3.8) is 0 Å². The monoisotopic (exact) mass is 283 g/mol. The van der Waals surface area contributed by atoms with Crippen molar-refractivity contribution in [2.24, 2.45) is 5.73 Å². The van der Waals surface area contributed by atoms with Crippen molar-refractivity contribution in [2.45, 2.75) is 31.9 Å². The van der Waals surface area contributed by atoms with Gasteiger partial charge in [-0.15, -0.1) is 0 Å². The molecule has 0 aromatic heterocycles. The third-order valence-electron chi connectivity index (χ3n) is 3.76. The third kappa shape index (κ3) is 3.03. The Labute approximate surface area is 125 Å². The Bertz CT molecular complexity index is 612. The van der Waals surface area contributed by atoms with Gasteiger partial charge < -0.3 is 15.2 Å². The van der Waals surface area contributed by atoms with Crippen LogP contribution in [0.15, 0.2) is 48.5 Å². The van der Waals surface area contributed by atoms with Crippen LogP contribution < -0.4 is 15.2 Å². The highest BCUT2D eigenvalue weighted by atomic mass is 16.5. The molecule has 0 bridgehead atoms. The van der Waals surface area contributed by atoms with E-state index in [0.717, 1.165) is 42.1 Å². The van der Waals surface area contributed by atoms with Gasteiger partial charge in [0.1, 0.15) is 17.6 Å². The molecule has 0 amide bonds. The summed E-state index contributed by atoms with van der Waals surface area (Å²) in [6.07, 6.45) is 1.77. The van der Waals surface area contributed by atoms with Crippen molar-refractivity contribution in [1.82, 2.24) is 0 Å². The quantitative estimate of drug-likeness (QED) is 0.922. The summed E-state index contributed by atoms with van der Waals surface area (Å²) < 4.78 is 11.8. The molecule has 21 heavy (non-hydrogen) atoms. The van der Waals surface area contributed by atoms with Crippen LogP contribution in [0.5, 0.6) is 11.5 Å². The predicted molar refractivity (Wildman–Crippen MR) is 83.6 cm³/mol. The molecule has 0 spiro atoms. The molecule has 110 valence electrons. The van der Waals surface area contributed by atoms with Gasteiger partial charge in [0.05, 0.1) is 6.61 Å². The molecule has 0 saturated heterocycles. The SMILES string of the molecule is CCCOc1cccc(C2C[C@@H](N)c3ccccc3O2)c1. The molecule has 2 aromatic rings. The summed E-state index contributed by atoms with van der Waals surface area (Å²) in [6.45, 7) is 2.83. The topological polar surface area (TPSA) is 44.5 Å². The minimum atomic E-state index is -0.0138. The van der Waals surface area contributed by atoms with Crippen LogP contribution in [0.1, 0.15) is 43.0 Å². The van der Waals surface area contributed by atoms with Gasteiger partial charge in [-0.2, -0.15) is 0 Å². The number of hydrogen-bond acceptors (Lipinski definition) is 3. The first-order valence-corrected chi connectivity index (χ1v) is 7.52. The molecule has 3 heteroatoms. The fraction of sp³-hybridized carbons (Fsp3) is 0.333. The molecule has 2 N–H and O–H groups in total. The lowest BCUT2D eigenvalue weighted by atomic mass is 9.93. The fourth-order valence-corrected chi connectivity index (χ4v) is 2.68. The van der Waals surface area contributed by atoms with Crippen molar-refractivity contribution < 1.29 is 9.47 Å². The zero-order chi connectivity index (χ0) is 14.7. The number of hydrogen-bond donors (Lipinski definition) is 1. The van der Waals surface area contributed by atoms with E-state index >= 15 is 0 Å². The van der Waals surface area contributed by atoms with E-state index in [1.165, 1.54) is 0 Å². The first kappa shape index (κ1) is 14.0. The molecule has 1 heterocycles. The van der Waals surface area contributed by atoms with Gasteiger partial charge in [0.2, 0.25) is 0 Å². The highest BCUT2D eigenvalue weighted by molar-refractivity contribution is 5.40. The number of para-hydroxylation sites is 1. The Balaban J connectivity index is 1.82. The third-order valence-corrected chi connectivity index (χ3v) is 3.76. The molecule has 0 saturated carbocycles. The lowest BCUT2D eigenvalue weighted by Gasteiger charge is -2.30. The lowest BCUT2D eigenvalue weighted by molar-refractivity contribution is 0.161. The van der Waals surface area contributed by atoms with Gasteiger partial charge in [-0.25, -0.2) is 0 Å². The van der Waals surface area contributed by atoms with Gasteiger partial charge >= 0.3 is 0 Å². The summed E-state index contributed by atoms with van der Waals surface area (Å²) in [4.78, 5) is 0. The Morgan fingerprint density at radius 2 is 2.05 bits per heavy atom. The normalized spacial score (nSPS) is 20.5. The maximum absolute atomic E-state index is 6.28. The summed E-state index contributed by atoms with van der Waals surface area (Å²) in [7, 11) is 0. The van der Waals surface area contributed by atoms with E-state index in [1.54, 1.807) is 0 Å². The van der Waals surface area contributed by atoms with E-state index < -0.39 is 0 Å². The van der Waals surface area contributed by atoms with Crippen LogP contribution in [0.2, 0.25) is 0 Å². The molecular weight excluding hydrogens is 262 g/mol. The number of benzene rings is 2. The lowest BCUT2D eigenvalue weighted by Crippen LogP contribution is -2.24. The zero-order valence-electron chi connectivity index (χ0n) is 12.3. The summed E-state index contributed by atoms with van der Waals surface area (Å²) in [5.41, 5.74) is 8.49. The second-order valence-corrected chi connectivity index (χ2v) is 5.41. The van der Waals surface area contributed by atoms with E-state index in [0.29, 0.717) is 0 Å². The predicted octanol–water partition coefficient (Wildman–Crippen LogP) is 4.00. The maximum atomic E-state index is 6.28. The molecule has 3 nitrogen and oxygen atoms in total. The molecule has 2 aromatic carbocycles. The van der Waals surface area contributed by atoms with Crippen molar-refractivity contribution >= 4 is 0 Å². The molecule has 1 aliphatic rings. The minimum absolute atomic E-state index is 0.0138. The average Bonchev–Trinajstić information content (AvgIpc) is 2.53. The van der Waals surface area contributed by atoms with Gasteiger partial charge in [-0.05, 0) is 30.2 Å². The van der Waals surface area contributed by atoms with E-state index in [4.69, 9.17) is 15.2 Å². The van der Waals surface area contributed by atoms with Crippen LogP contribution in [0.3, 0.4) is 0 Å². The molecule has 1 unspecified atom stereocenters. The van der Waals surface area contributed by atoms with Gasteiger partial charge in [-0.1, -0.05) is 37.3 Å². The van der Waals surface area contributed by atoms with Crippen molar-refractivity contribution in [3.8, 4) is 11.5 Å². The summed E-state index contributed by atoms with van der Waals surface area (Å²) in [5, 5.41) is 0. The number of ether oxygens (including phenoxy) is 2. The first-order valence-electron chi connectivity index (χ1n) is 7.52. The van der Waals surface area contributed by atoms with Crippen molar-refractivity contribution in [2.75, 3.05) is 6.61 Å². The van der Waals surface area contributed by atoms with Crippen LogP contribution in [-0.2, 0) is 0 Å². The van der Waals surface area contributed by atoms with Gasteiger partial charge in [0.25, 0.3) is 0 Å². The highest BCUT2D eigenvalue weighted by Gasteiger charge is 2.26. The van der Waals surface area contributed by atoms with E-state index in [1.807, 2.05) is 36.4 Å². The highest BCUT2D eigenvalue weighted by Crippen LogP contribution is 2.39. The first-order chi connectivity index (χ1) is 10.3. The van der Waals surface area contributed by atoms with Crippen LogP contribution in [-0.4, -0.2) is 6.61 Å². The van der Waals surface area contributed by atoms with Gasteiger partial charge in [0.15, 0.2) is 0 Å². The average molecular weight is 283 g/mol. The molecule has 0 aliphatic carbocycles.